The quantitative estimate of drug-likeness (QED) is 0.837. The Morgan fingerprint density at radius 1 is 1.44 bits per heavy atom. The molecular weight excluding hydrogens is 320 g/mol. The number of rotatable bonds is 6. The average Bonchev–Trinajstić information content (AvgIpc) is 3.25. The SMILES string of the molecule is C[C@H](NC(=O)NCc1cccnc1OC1CCCC1)c1nncn1C. The molecule has 25 heavy (non-hydrogen) atoms. The van der Waals surface area contributed by atoms with E-state index in [1.807, 2.05) is 26.1 Å². The molecule has 0 unspecified atom stereocenters. The van der Waals surface area contributed by atoms with E-state index in [1.165, 1.54) is 12.8 Å². The van der Waals surface area contributed by atoms with Crippen LogP contribution in [0.1, 0.15) is 50.0 Å². The molecule has 0 aromatic carbocycles. The van der Waals surface area contributed by atoms with Gasteiger partial charge in [0.2, 0.25) is 5.88 Å². The number of hydrogen-bond donors (Lipinski definition) is 2. The lowest BCUT2D eigenvalue weighted by Gasteiger charge is -2.16. The number of amides is 2. The molecule has 0 saturated heterocycles. The summed E-state index contributed by atoms with van der Waals surface area (Å²) in [6, 6.07) is 3.25. The minimum absolute atomic E-state index is 0.235. The molecule has 1 atom stereocenters. The fourth-order valence-electron chi connectivity index (χ4n) is 3.00. The molecule has 0 radical (unpaired) electrons. The zero-order valence-corrected chi connectivity index (χ0v) is 14.6. The van der Waals surface area contributed by atoms with Gasteiger partial charge in [0.25, 0.3) is 0 Å². The molecule has 2 heterocycles. The van der Waals surface area contributed by atoms with Gasteiger partial charge in [-0.2, -0.15) is 0 Å². The summed E-state index contributed by atoms with van der Waals surface area (Å²) in [5, 5.41) is 13.5. The maximum Gasteiger partial charge on any atom is 0.315 e. The van der Waals surface area contributed by atoms with Crippen molar-refractivity contribution in [3.8, 4) is 5.88 Å². The summed E-state index contributed by atoms with van der Waals surface area (Å²) >= 11 is 0. The van der Waals surface area contributed by atoms with Crippen LogP contribution >= 0.6 is 0 Å². The van der Waals surface area contributed by atoms with E-state index >= 15 is 0 Å². The van der Waals surface area contributed by atoms with Gasteiger partial charge in [-0.05, 0) is 38.7 Å². The van der Waals surface area contributed by atoms with Crippen LogP contribution in [0.15, 0.2) is 24.7 Å². The first-order valence-corrected chi connectivity index (χ1v) is 8.62. The fourth-order valence-corrected chi connectivity index (χ4v) is 3.00. The molecule has 2 N–H and O–H groups in total. The topological polar surface area (TPSA) is 94.0 Å². The van der Waals surface area contributed by atoms with Crippen molar-refractivity contribution in [2.45, 2.75) is 51.3 Å². The average molecular weight is 344 g/mol. The number of aryl methyl sites for hydroxylation is 1. The van der Waals surface area contributed by atoms with Gasteiger partial charge >= 0.3 is 6.03 Å². The monoisotopic (exact) mass is 344 g/mol. The number of hydrogen-bond acceptors (Lipinski definition) is 5. The van der Waals surface area contributed by atoms with E-state index in [2.05, 4.69) is 25.8 Å². The highest BCUT2D eigenvalue weighted by Gasteiger charge is 2.19. The van der Waals surface area contributed by atoms with E-state index in [0.29, 0.717) is 18.2 Å². The molecule has 1 aliphatic carbocycles. The Kier molecular flexibility index (Phi) is 5.47. The normalized spacial score (nSPS) is 15.8. The van der Waals surface area contributed by atoms with Gasteiger partial charge in [0.1, 0.15) is 12.4 Å². The lowest BCUT2D eigenvalue weighted by molar-refractivity contribution is 0.198. The standard InChI is InChI=1S/C17H24N6O2/c1-12(15-22-20-11-23(15)2)21-17(24)19-10-13-6-5-9-18-16(13)25-14-7-3-4-8-14/h5-6,9,11-12,14H,3-4,7-8,10H2,1-2H3,(H2,19,21,24)/t12-/m0/s1. The third kappa shape index (κ3) is 4.46. The van der Waals surface area contributed by atoms with Crippen LogP contribution < -0.4 is 15.4 Å². The number of aromatic nitrogens is 4. The van der Waals surface area contributed by atoms with Gasteiger partial charge in [-0.25, -0.2) is 9.78 Å². The molecular formula is C17H24N6O2. The predicted octanol–water partition coefficient (Wildman–Crippen LogP) is 2.09. The highest BCUT2D eigenvalue weighted by molar-refractivity contribution is 5.74. The molecule has 1 fully saturated rings. The van der Waals surface area contributed by atoms with Crippen LogP contribution in [0, 0.1) is 0 Å². The van der Waals surface area contributed by atoms with E-state index < -0.39 is 0 Å². The first kappa shape index (κ1) is 17.2. The number of ether oxygens (including phenoxy) is 1. The fraction of sp³-hybridized carbons (Fsp3) is 0.529. The third-order valence-corrected chi connectivity index (χ3v) is 4.35. The van der Waals surface area contributed by atoms with Crippen molar-refractivity contribution in [1.29, 1.82) is 0 Å². The van der Waals surface area contributed by atoms with Crippen LogP contribution in [0.2, 0.25) is 0 Å². The van der Waals surface area contributed by atoms with Crippen molar-refractivity contribution in [3.05, 3.63) is 36.0 Å². The Balaban J connectivity index is 1.54. The zero-order valence-electron chi connectivity index (χ0n) is 14.6. The van der Waals surface area contributed by atoms with Crippen LogP contribution in [0.25, 0.3) is 0 Å². The highest BCUT2D eigenvalue weighted by atomic mass is 16.5. The molecule has 8 heteroatoms. The predicted molar refractivity (Wildman–Crippen MR) is 91.9 cm³/mol. The summed E-state index contributed by atoms with van der Waals surface area (Å²) in [5.74, 6) is 1.30. The van der Waals surface area contributed by atoms with Crippen molar-refractivity contribution in [1.82, 2.24) is 30.4 Å². The molecule has 0 spiro atoms. The molecule has 2 aromatic rings. The van der Waals surface area contributed by atoms with E-state index in [0.717, 1.165) is 18.4 Å². The number of carbonyl (C=O) groups excluding carboxylic acids is 1. The van der Waals surface area contributed by atoms with Crippen molar-refractivity contribution in [3.63, 3.8) is 0 Å². The molecule has 134 valence electrons. The van der Waals surface area contributed by atoms with Gasteiger partial charge in [-0.1, -0.05) is 6.07 Å². The third-order valence-electron chi connectivity index (χ3n) is 4.35. The summed E-state index contributed by atoms with van der Waals surface area (Å²) < 4.78 is 7.77. The Labute approximate surface area is 147 Å². The van der Waals surface area contributed by atoms with Crippen LogP contribution in [0.5, 0.6) is 5.88 Å². The molecule has 2 amide bonds. The second-order valence-corrected chi connectivity index (χ2v) is 6.34. The van der Waals surface area contributed by atoms with Crippen LogP contribution in [-0.4, -0.2) is 31.9 Å². The maximum atomic E-state index is 12.1. The molecule has 3 rings (SSSR count). The molecule has 2 aromatic heterocycles. The molecule has 8 nitrogen and oxygen atoms in total. The summed E-state index contributed by atoms with van der Waals surface area (Å²) in [7, 11) is 1.84. The van der Waals surface area contributed by atoms with Crippen molar-refractivity contribution < 1.29 is 9.53 Å². The van der Waals surface area contributed by atoms with Crippen molar-refractivity contribution in [2.75, 3.05) is 0 Å². The Morgan fingerprint density at radius 2 is 2.24 bits per heavy atom. The lowest BCUT2D eigenvalue weighted by Crippen LogP contribution is -2.37. The largest absolute Gasteiger partial charge is 0.474 e. The highest BCUT2D eigenvalue weighted by Crippen LogP contribution is 2.24. The van der Waals surface area contributed by atoms with Crippen LogP contribution in [-0.2, 0) is 13.6 Å². The van der Waals surface area contributed by atoms with Gasteiger partial charge in [-0.3, -0.25) is 0 Å². The number of pyridine rings is 1. The Morgan fingerprint density at radius 3 is 2.96 bits per heavy atom. The molecule has 0 bridgehead atoms. The van der Waals surface area contributed by atoms with Gasteiger partial charge in [-0.15, -0.1) is 10.2 Å². The Bertz CT molecular complexity index is 711. The number of urea groups is 1. The van der Waals surface area contributed by atoms with Gasteiger partial charge in [0, 0.05) is 25.4 Å². The smallest absolute Gasteiger partial charge is 0.315 e. The van der Waals surface area contributed by atoms with Gasteiger partial charge in [0.05, 0.1) is 6.04 Å². The van der Waals surface area contributed by atoms with Crippen molar-refractivity contribution in [2.24, 2.45) is 7.05 Å². The van der Waals surface area contributed by atoms with E-state index in [-0.39, 0.29) is 18.2 Å². The first-order chi connectivity index (χ1) is 12.1. The van der Waals surface area contributed by atoms with E-state index in [4.69, 9.17) is 4.74 Å². The summed E-state index contributed by atoms with van der Waals surface area (Å²) in [5.41, 5.74) is 0.871. The summed E-state index contributed by atoms with van der Waals surface area (Å²) in [4.78, 5) is 16.5. The summed E-state index contributed by atoms with van der Waals surface area (Å²) in [6.45, 7) is 2.22. The number of carbonyl (C=O) groups is 1. The minimum atomic E-state index is -0.272. The van der Waals surface area contributed by atoms with E-state index in [1.54, 1.807) is 17.1 Å². The Hall–Kier alpha value is -2.64. The second-order valence-electron chi connectivity index (χ2n) is 6.34. The van der Waals surface area contributed by atoms with Crippen LogP contribution in [0.4, 0.5) is 4.79 Å². The van der Waals surface area contributed by atoms with Gasteiger partial charge < -0.3 is 19.9 Å². The lowest BCUT2D eigenvalue weighted by atomic mass is 10.2. The molecule has 0 aliphatic heterocycles. The van der Waals surface area contributed by atoms with E-state index in [9.17, 15) is 4.79 Å². The second kappa shape index (κ2) is 7.96. The first-order valence-electron chi connectivity index (χ1n) is 8.62. The summed E-state index contributed by atoms with van der Waals surface area (Å²) in [6.07, 6.45) is 8.09. The van der Waals surface area contributed by atoms with Crippen molar-refractivity contribution >= 4 is 6.03 Å². The maximum absolute atomic E-state index is 12.1. The minimum Gasteiger partial charge on any atom is -0.474 e. The molecule has 1 aliphatic rings. The van der Waals surface area contributed by atoms with Crippen LogP contribution in [0.3, 0.4) is 0 Å². The number of nitrogens with zero attached hydrogens (tertiary/aromatic N) is 4. The molecule has 1 saturated carbocycles. The zero-order chi connectivity index (χ0) is 17.6. The van der Waals surface area contributed by atoms with Gasteiger partial charge in [0.15, 0.2) is 5.82 Å². The number of nitrogens with one attached hydrogen (secondary N) is 2.